The van der Waals surface area contributed by atoms with Gasteiger partial charge in [0.2, 0.25) is 0 Å². The maximum atomic E-state index is 5.39. The van der Waals surface area contributed by atoms with Gasteiger partial charge in [-0.15, -0.1) is 0 Å². The van der Waals surface area contributed by atoms with Crippen LogP contribution in [0.4, 0.5) is 0 Å². The summed E-state index contributed by atoms with van der Waals surface area (Å²) in [6, 6.07) is 6.48. The molecule has 0 fully saturated rings. The van der Waals surface area contributed by atoms with Gasteiger partial charge in [-0.3, -0.25) is 0 Å². The molecule has 0 aliphatic carbocycles. The second kappa shape index (κ2) is 3.77. The zero-order valence-corrected chi connectivity index (χ0v) is 9.97. The molecule has 0 saturated heterocycles. The van der Waals surface area contributed by atoms with Crippen LogP contribution in [0.25, 0.3) is 22.2 Å². The van der Waals surface area contributed by atoms with E-state index in [-0.39, 0.29) is 0 Å². The van der Waals surface area contributed by atoms with Crippen LogP contribution in [0.5, 0.6) is 0 Å². The third kappa shape index (κ3) is 1.55. The minimum Gasteiger partial charge on any atom is -0.443 e. The van der Waals surface area contributed by atoms with Crippen LogP contribution in [0.15, 0.2) is 41.4 Å². The van der Waals surface area contributed by atoms with Crippen LogP contribution in [0.1, 0.15) is 12.5 Å². The zero-order valence-electron chi connectivity index (χ0n) is 9.97. The Morgan fingerprint density at radius 3 is 2.94 bits per heavy atom. The second-order valence-electron chi connectivity index (χ2n) is 4.22. The molecule has 0 bridgehead atoms. The van der Waals surface area contributed by atoms with Crippen molar-refractivity contribution in [1.82, 2.24) is 9.55 Å². The van der Waals surface area contributed by atoms with Crippen molar-refractivity contribution in [2.75, 3.05) is 0 Å². The van der Waals surface area contributed by atoms with E-state index in [2.05, 4.69) is 47.8 Å². The number of fused-ring (bicyclic) bond motifs is 1. The van der Waals surface area contributed by atoms with E-state index in [4.69, 9.17) is 4.42 Å². The fourth-order valence-electron chi connectivity index (χ4n) is 2.21. The van der Waals surface area contributed by atoms with Gasteiger partial charge in [-0.1, -0.05) is 12.1 Å². The number of nitrogens with zero attached hydrogens (tertiary/aromatic N) is 2. The third-order valence-electron chi connectivity index (χ3n) is 3.08. The topological polar surface area (TPSA) is 31.0 Å². The van der Waals surface area contributed by atoms with Crippen LogP contribution in [0.3, 0.4) is 0 Å². The highest BCUT2D eigenvalue weighted by atomic mass is 16.3. The monoisotopic (exact) mass is 226 g/mol. The first-order valence-corrected chi connectivity index (χ1v) is 5.78. The van der Waals surface area contributed by atoms with Crippen molar-refractivity contribution < 1.29 is 4.42 Å². The van der Waals surface area contributed by atoms with Gasteiger partial charge in [-0.25, -0.2) is 4.98 Å². The summed E-state index contributed by atoms with van der Waals surface area (Å²) in [4.78, 5) is 3.98. The van der Waals surface area contributed by atoms with Crippen LogP contribution in [-0.4, -0.2) is 9.55 Å². The van der Waals surface area contributed by atoms with Gasteiger partial charge in [0, 0.05) is 29.2 Å². The van der Waals surface area contributed by atoms with E-state index in [9.17, 15) is 0 Å². The molecular weight excluding hydrogens is 212 g/mol. The van der Waals surface area contributed by atoms with E-state index in [1.807, 2.05) is 0 Å². The average molecular weight is 226 g/mol. The van der Waals surface area contributed by atoms with Gasteiger partial charge >= 0.3 is 0 Å². The second-order valence-corrected chi connectivity index (χ2v) is 4.22. The summed E-state index contributed by atoms with van der Waals surface area (Å²) in [6.07, 6.45) is 5.36. The van der Waals surface area contributed by atoms with Crippen LogP contribution in [-0.2, 0) is 6.54 Å². The molecule has 0 N–H and O–H groups in total. The van der Waals surface area contributed by atoms with Crippen LogP contribution < -0.4 is 0 Å². The Hall–Kier alpha value is -2.03. The molecule has 0 unspecified atom stereocenters. The number of aryl methyl sites for hydroxylation is 2. The fourth-order valence-corrected chi connectivity index (χ4v) is 2.21. The minimum atomic E-state index is 0.825. The molecule has 3 aromatic rings. The predicted octanol–water partition coefficient (Wildman–Crippen LogP) is 3.62. The van der Waals surface area contributed by atoms with Crippen molar-refractivity contribution in [3.05, 3.63) is 42.5 Å². The predicted molar refractivity (Wildman–Crippen MR) is 67.8 cm³/mol. The zero-order chi connectivity index (χ0) is 11.8. The summed E-state index contributed by atoms with van der Waals surface area (Å²) in [5, 5.41) is 1.22. The van der Waals surface area contributed by atoms with Gasteiger partial charge < -0.3 is 8.98 Å². The SMILES string of the molecule is CCn1cc(-c2cnco2)c2ccc(C)cc21. The lowest BCUT2D eigenvalue weighted by Gasteiger charge is -2.00. The van der Waals surface area contributed by atoms with Gasteiger partial charge in [0.15, 0.2) is 12.2 Å². The van der Waals surface area contributed by atoms with E-state index >= 15 is 0 Å². The molecule has 0 aliphatic rings. The molecule has 3 nitrogen and oxygen atoms in total. The van der Waals surface area contributed by atoms with Crippen molar-refractivity contribution >= 4 is 10.9 Å². The molecule has 3 rings (SSSR count). The van der Waals surface area contributed by atoms with Crippen molar-refractivity contribution in [3.63, 3.8) is 0 Å². The Labute approximate surface area is 99.7 Å². The first-order chi connectivity index (χ1) is 8.29. The largest absolute Gasteiger partial charge is 0.443 e. The van der Waals surface area contributed by atoms with Crippen molar-refractivity contribution in [2.24, 2.45) is 0 Å². The Bertz CT molecular complexity index is 650. The van der Waals surface area contributed by atoms with Gasteiger partial charge in [0.05, 0.1) is 6.20 Å². The summed E-state index contributed by atoms with van der Waals surface area (Å²) in [6.45, 7) is 5.21. The number of benzene rings is 1. The summed E-state index contributed by atoms with van der Waals surface area (Å²) in [5.74, 6) is 0.825. The molecule has 1 aromatic carbocycles. The van der Waals surface area contributed by atoms with Crippen molar-refractivity contribution in [3.8, 4) is 11.3 Å². The first-order valence-electron chi connectivity index (χ1n) is 5.78. The lowest BCUT2D eigenvalue weighted by molar-refractivity contribution is 0.572. The molecule has 86 valence electrons. The van der Waals surface area contributed by atoms with Crippen molar-refractivity contribution in [1.29, 1.82) is 0 Å². The third-order valence-corrected chi connectivity index (χ3v) is 3.08. The highest BCUT2D eigenvalue weighted by Gasteiger charge is 2.11. The van der Waals surface area contributed by atoms with Crippen LogP contribution in [0.2, 0.25) is 0 Å². The quantitative estimate of drug-likeness (QED) is 0.668. The summed E-state index contributed by atoms with van der Waals surface area (Å²) < 4.78 is 7.63. The van der Waals surface area contributed by atoms with Gasteiger partial charge in [0.1, 0.15) is 0 Å². The fraction of sp³-hybridized carbons (Fsp3) is 0.214. The molecule has 0 radical (unpaired) electrons. The summed E-state index contributed by atoms with van der Waals surface area (Å²) in [7, 11) is 0. The van der Waals surface area contributed by atoms with Gasteiger partial charge in [0.25, 0.3) is 0 Å². The molecule has 2 aromatic heterocycles. The van der Waals surface area contributed by atoms with E-state index in [1.54, 1.807) is 6.20 Å². The van der Waals surface area contributed by atoms with E-state index < -0.39 is 0 Å². The number of hydrogen-bond acceptors (Lipinski definition) is 2. The van der Waals surface area contributed by atoms with Crippen molar-refractivity contribution in [2.45, 2.75) is 20.4 Å². The molecule has 2 heterocycles. The molecule has 0 amide bonds. The molecule has 0 saturated carbocycles. The minimum absolute atomic E-state index is 0.825. The first kappa shape index (κ1) is 10.1. The van der Waals surface area contributed by atoms with E-state index in [0.717, 1.165) is 17.9 Å². The Kier molecular flexibility index (Phi) is 2.25. The highest BCUT2D eigenvalue weighted by molar-refractivity contribution is 5.95. The Balaban J connectivity index is 2.33. The summed E-state index contributed by atoms with van der Waals surface area (Å²) >= 11 is 0. The smallest absolute Gasteiger partial charge is 0.181 e. The standard InChI is InChI=1S/C14H14N2O/c1-3-16-8-12(14-7-15-9-17-14)11-5-4-10(2)6-13(11)16/h4-9H,3H2,1-2H3. The van der Waals surface area contributed by atoms with E-state index in [0.29, 0.717) is 0 Å². The average Bonchev–Trinajstić information content (AvgIpc) is 2.94. The highest BCUT2D eigenvalue weighted by Crippen LogP contribution is 2.30. The lowest BCUT2D eigenvalue weighted by Crippen LogP contribution is -1.90. The maximum absolute atomic E-state index is 5.39. The van der Waals surface area contributed by atoms with Crippen LogP contribution >= 0.6 is 0 Å². The number of aromatic nitrogens is 2. The lowest BCUT2D eigenvalue weighted by atomic mass is 10.1. The number of oxazole rings is 1. The molecule has 0 spiro atoms. The van der Waals surface area contributed by atoms with E-state index in [1.165, 1.54) is 22.9 Å². The van der Waals surface area contributed by atoms with Gasteiger partial charge in [-0.05, 0) is 25.5 Å². The summed E-state index contributed by atoms with van der Waals surface area (Å²) in [5.41, 5.74) is 3.63. The van der Waals surface area contributed by atoms with Crippen LogP contribution in [0, 0.1) is 6.92 Å². The Morgan fingerprint density at radius 1 is 1.35 bits per heavy atom. The molecule has 3 heteroatoms. The number of rotatable bonds is 2. The van der Waals surface area contributed by atoms with Gasteiger partial charge in [-0.2, -0.15) is 0 Å². The molecular formula is C14H14N2O. The normalized spacial score (nSPS) is 11.2. The Morgan fingerprint density at radius 2 is 2.24 bits per heavy atom. The molecule has 17 heavy (non-hydrogen) atoms. The number of hydrogen-bond donors (Lipinski definition) is 0. The molecule has 0 atom stereocenters. The maximum Gasteiger partial charge on any atom is 0.181 e. The molecule has 0 aliphatic heterocycles.